The van der Waals surface area contributed by atoms with Crippen LogP contribution >= 0.6 is 0 Å². The third-order valence-electron chi connectivity index (χ3n) is 6.47. The SMILES string of the molecule is CC(C)(C)OC(=O)N1CCC(c2ccc(C(=O)N3CCC(C4OC=CO4)CC3)cc2)CC1. The molecular weight excluding hydrogens is 408 g/mol. The topological polar surface area (TPSA) is 68.3 Å². The number of benzene rings is 1. The fraction of sp³-hybridized carbons (Fsp3) is 0.600. The Morgan fingerprint density at radius 3 is 2.00 bits per heavy atom. The molecule has 2 fully saturated rings. The van der Waals surface area contributed by atoms with E-state index in [1.54, 1.807) is 17.4 Å². The Hall–Kier alpha value is -2.70. The van der Waals surface area contributed by atoms with E-state index in [1.807, 2.05) is 37.8 Å². The summed E-state index contributed by atoms with van der Waals surface area (Å²) in [6.07, 6.45) is 6.31. The molecule has 0 N–H and O–H groups in total. The van der Waals surface area contributed by atoms with Crippen molar-refractivity contribution in [2.24, 2.45) is 5.92 Å². The zero-order chi connectivity index (χ0) is 22.7. The molecule has 0 atom stereocenters. The summed E-state index contributed by atoms with van der Waals surface area (Å²) >= 11 is 0. The van der Waals surface area contributed by atoms with Crippen LogP contribution in [0.1, 0.15) is 68.3 Å². The summed E-state index contributed by atoms with van der Waals surface area (Å²) in [5, 5.41) is 0. The Morgan fingerprint density at radius 2 is 1.44 bits per heavy atom. The predicted molar refractivity (Wildman–Crippen MR) is 120 cm³/mol. The van der Waals surface area contributed by atoms with E-state index in [9.17, 15) is 9.59 Å². The minimum absolute atomic E-state index is 0.0844. The molecule has 7 nitrogen and oxygen atoms in total. The number of nitrogens with zero attached hydrogens (tertiary/aromatic N) is 2. The van der Waals surface area contributed by atoms with Gasteiger partial charge in [0.15, 0.2) is 0 Å². The number of carbonyl (C=O) groups excluding carboxylic acids is 2. The van der Waals surface area contributed by atoms with E-state index in [0.29, 0.717) is 24.9 Å². The second-order valence-corrected chi connectivity index (χ2v) is 9.91. The van der Waals surface area contributed by atoms with Crippen LogP contribution in [0.25, 0.3) is 0 Å². The van der Waals surface area contributed by atoms with Crippen molar-refractivity contribution in [3.8, 4) is 0 Å². The summed E-state index contributed by atoms with van der Waals surface area (Å²) in [5.74, 6) is 0.803. The molecule has 32 heavy (non-hydrogen) atoms. The molecule has 0 saturated carbocycles. The lowest BCUT2D eigenvalue weighted by Crippen LogP contribution is -2.41. The monoisotopic (exact) mass is 442 g/mol. The maximum absolute atomic E-state index is 12.9. The highest BCUT2D eigenvalue weighted by Crippen LogP contribution is 2.30. The molecule has 2 amide bonds. The summed E-state index contributed by atoms with van der Waals surface area (Å²) in [5.41, 5.74) is 1.49. The average Bonchev–Trinajstić information content (AvgIpc) is 3.33. The zero-order valence-electron chi connectivity index (χ0n) is 19.3. The standard InChI is InChI=1S/C25H34N2O5/c1-25(2,3)32-24(29)27-14-8-19(9-15-27)18-4-6-20(7-5-18)22(28)26-12-10-21(11-13-26)23-30-16-17-31-23/h4-7,16-17,19,21,23H,8-15H2,1-3H3. The Kier molecular flexibility index (Phi) is 6.63. The Morgan fingerprint density at radius 1 is 0.875 bits per heavy atom. The molecule has 0 spiro atoms. The van der Waals surface area contributed by atoms with Gasteiger partial charge in [0.2, 0.25) is 6.29 Å². The molecule has 1 aromatic rings. The molecule has 2 saturated heterocycles. The summed E-state index contributed by atoms with van der Waals surface area (Å²) in [4.78, 5) is 28.9. The first-order chi connectivity index (χ1) is 15.3. The van der Waals surface area contributed by atoms with E-state index in [0.717, 1.165) is 44.3 Å². The van der Waals surface area contributed by atoms with Gasteiger partial charge in [0.25, 0.3) is 5.91 Å². The summed E-state index contributed by atoms with van der Waals surface area (Å²) in [6, 6.07) is 8.02. The van der Waals surface area contributed by atoms with Crippen molar-refractivity contribution in [2.45, 2.75) is 64.3 Å². The highest BCUT2D eigenvalue weighted by Gasteiger charge is 2.32. The van der Waals surface area contributed by atoms with Crippen LogP contribution in [-0.4, -0.2) is 59.9 Å². The van der Waals surface area contributed by atoms with Gasteiger partial charge >= 0.3 is 6.09 Å². The molecule has 0 aromatic heterocycles. The van der Waals surface area contributed by atoms with Gasteiger partial charge in [-0.15, -0.1) is 0 Å². The minimum atomic E-state index is -0.471. The van der Waals surface area contributed by atoms with Crippen molar-refractivity contribution >= 4 is 12.0 Å². The van der Waals surface area contributed by atoms with Gasteiger partial charge in [-0.1, -0.05) is 12.1 Å². The first-order valence-electron chi connectivity index (χ1n) is 11.6. The van der Waals surface area contributed by atoms with Gasteiger partial charge in [-0.05, 0) is 70.1 Å². The first-order valence-corrected chi connectivity index (χ1v) is 11.6. The summed E-state index contributed by atoms with van der Waals surface area (Å²) in [7, 11) is 0. The third kappa shape index (κ3) is 5.37. The van der Waals surface area contributed by atoms with Crippen LogP contribution in [0.4, 0.5) is 4.79 Å². The number of ether oxygens (including phenoxy) is 3. The largest absolute Gasteiger partial charge is 0.459 e. The number of hydrogen-bond acceptors (Lipinski definition) is 5. The fourth-order valence-corrected chi connectivity index (χ4v) is 4.65. The Labute approximate surface area is 190 Å². The van der Waals surface area contributed by atoms with Crippen LogP contribution in [-0.2, 0) is 14.2 Å². The average molecular weight is 443 g/mol. The first kappa shape index (κ1) is 22.5. The quantitative estimate of drug-likeness (QED) is 0.690. The fourth-order valence-electron chi connectivity index (χ4n) is 4.65. The number of hydrogen-bond donors (Lipinski definition) is 0. The molecule has 174 valence electrons. The van der Waals surface area contributed by atoms with Crippen molar-refractivity contribution < 1.29 is 23.8 Å². The molecule has 1 aromatic carbocycles. The second-order valence-electron chi connectivity index (χ2n) is 9.91. The molecule has 7 heteroatoms. The smallest absolute Gasteiger partial charge is 0.410 e. The number of likely N-dealkylation sites (tertiary alicyclic amines) is 2. The Bertz CT molecular complexity index is 821. The number of amides is 2. The summed E-state index contributed by atoms with van der Waals surface area (Å²) < 4.78 is 16.4. The molecule has 0 unspecified atom stereocenters. The highest BCUT2D eigenvalue weighted by atomic mass is 16.7. The van der Waals surface area contributed by atoms with Crippen LogP contribution in [0.3, 0.4) is 0 Å². The van der Waals surface area contributed by atoms with Gasteiger partial charge in [-0.2, -0.15) is 0 Å². The lowest BCUT2D eigenvalue weighted by atomic mass is 9.89. The lowest BCUT2D eigenvalue weighted by Gasteiger charge is -2.34. The van der Waals surface area contributed by atoms with E-state index in [1.165, 1.54) is 5.56 Å². The number of carbonyl (C=O) groups is 2. The second kappa shape index (κ2) is 9.43. The van der Waals surface area contributed by atoms with Crippen molar-refractivity contribution in [3.63, 3.8) is 0 Å². The molecular formula is C25H34N2O5. The van der Waals surface area contributed by atoms with E-state index < -0.39 is 5.60 Å². The molecule has 4 rings (SSSR count). The van der Waals surface area contributed by atoms with Crippen LogP contribution < -0.4 is 0 Å². The van der Waals surface area contributed by atoms with E-state index in [-0.39, 0.29) is 18.3 Å². The maximum atomic E-state index is 12.9. The van der Waals surface area contributed by atoms with E-state index in [4.69, 9.17) is 14.2 Å². The number of rotatable bonds is 3. The molecule has 3 aliphatic heterocycles. The van der Waals surface area contributed by atoms with Gasteiger partial charge < -0.3 is 24.0 Å². The highest BCUT2D eigenvalue weighted by molar-refractivity contribution is 5.94. The van der Waals surface area contributed by atoms with Gasteiger partial charge in [0, 0.05) is 37.7 Å². The zero-order valence-corrected chi connectivity index (χ0v) is 19.3. The Balaban J connectivity index is 1.26. The third-order valence-corrected chi connectivity index (χ3v) is 6.47. The van der Waals surface area contributed by atoms with Crippen molar-refractivity contribution in [3.05, 3.63) is 47.9 Å². The molecule has 3 heterocycles. The summed E-state index contributed by atoms with van der Waals surface area (Å²) in [6.45, 7) is 8.49. The van der Waals surface area contributed by atoms with Crippen molar-refractivity contribution in [2.75, 3.05) is 26.2 Å². The lowest BCUT2D eigenvalue weighted by molar-refractivity contribution is -0.0804. The van der Waals surface area contributed by atoms with Crippen molar-refractivity contribution in [1.82, 2.24) is 9.80 Å². The van der Waals surface area contributed by atoms with Gasteiger partial charge in [0.05, 0.1) is 0 Å². The molecule has 0 aliphatic carbocycles. The van der Waals surface area contributed by atoms with Crippen LogP contribution in [0.2, 0.25) is 0 Å². The molecule has 3 aliphatic rings. The minimum Gasteiger partial charge on any atom is -0.459 e. The molecule has 0 bridgehead atoms. The number of piperidine rings is 2. The van der Waals surface area contributed by atoms with Crippen LogP contribution in [0, 0.1) is 5.92 Å². The van der Waals surface area contributed by atoms with Gasteiger partial charge in [0.1, 0.15) is 18.1 Å². The van der Waals surface area contributed by atoms with E-state index in [2.05, 4.69) is 12.1 Å². The molecule has 0 radical (unpaired) electrons. The van der Waals surface area contributed by atoms with Crippen molar-refractivity contribution in [1.29, 1.82) is 0 Å². The normalized spacial score (nSPS) is 20.7. The van der Waals surface area contributed by atoms with Crippen LogP contribution in [0.5, 0.6) is 0 Å². The van der Waals surface area contributed by atoms with E-state index >= 15 is 0 Å². The van der Waals surface area contributed by atoms with Gasteiger partial charge in [-0.25, -0.2) is 4.79 Å². The van der Waals surface area contributed by atoms with Crippen LogP contribution in [0.15, 0.2) is 36.8 Å². The predicted octanol–water partition coefficient (Wildman–Crippen LogP) is 4.50. The maximum Gasteiger partial charge on any atom is 0.410 e. The van der Waals surface area contributed by atoms with Gasteiger partial charge in [-0.3, -0.25) is 4.79 Å².